The molecule has 1 aromatic heterocycles. The SMILES string of the molecule is CC(C)N(C(=O)c1cc(F)ccc1Oc1cncnc1N1CC2(CN(CCC3CCC(NC(=O)O)CC3)C2)C1)C(C)C. The van der Waals surface area contributed by atoms with E-state index in [0.29, 0.717) is 17.5 Å². The van der Waals surface area contributed by atoms with Crippen LogP contribution in [0.4, 0.5) is 15.0 Å². The van der Waals surface area contributed by atoms with Crippen LogP contribution in [0.1, 0.15) is 70.2 Å². The van der Waals surface area contributed by atoms with Crippen molar-refractivity contribution < 1.29 is 23.8 Å². The molecule has 5 rings (SSSR count). The maximum atomic E-state index is 14.3. The van der Waals surface area contributed by atoms with Gasteiger partial charge in [-0.1, -0.05) is 0 Å². The summed E-state index contributed by atoms with van der Waals surface area (Å²) in [5.74, 6) is 1.29. The Balaban J connectivity index is 1.16. The molecule has 1 saturated carbocycles. The van der Waals surface area contributed by atoms with Crippen molar-refractivity contribution in [1.82, 2.24) is 25.1 Å². The number of benzene rings is 1. The van der Waals surface area contributed by atoms with Crippen molar-refractivity contribution in [3.05, 3.63) is 42.1 Å². The number of ether oxygens (including phenoxy) is 1. The highest BCUT2D eigenvalue weighted by atomic mass is 19.1. The second-order valence-corrected chi connectivity index (χ2v) is 12.9. The van der Waals surface area contributed by atoms with Crippen LogP contribution in [0.3, 0.4) is 0 Å². The van der Waals surface area contributed by atoms with Crippen LogP contribution in [0.2, 0.25) is 0 Å². The van der Waals surface area contributed by atoms with Gasteiger partial charge in [0, 0.05) is 49.7 Å². The fourth-order valence-electron chi connectivity index (χ4n) is 7.01. The molecule has 3 fully saturated rings. The Morgan fingerprint density at radius 3 is 2.43 bits per heavy atom. The van der Waals surface area contributed by atoms with E-state index in [-0.39, 0.29) is 40.8 Å². The van der Waals surface area contributed by atoms with Gasteiger partial charge in [0.05, 0.1) is 11.8 Å². The number of carbonyl (C=O) groups excluding carboxylic acids is 1. The predicted octanol–water partition coefficient (Wildman–Crippen LogP) is 5.01. The topological polar surface area (TPSA) is 111 Å². The summed E-state index contributed by atoms with van der Waals surface area (Å²) in [6.07, 6.45) is 7.37. The zero-order chi connectivity index (χ0) is 30.0. The maximum absolute atomic E-state index is 14.3. The second-order valence-electron chi connectivity index (χ2n) is 12.9. The van der Waals surface area contributed by atoms with Crippen molar-refractivity contribution >= 4 is 17.8 Å². The molecule has 0 bridgehead atoms. The summed E-state index contributed by atoms with van der Waals surface area (Å²) in [6, 6.07) is 4.02. The third-order valence-electron chi connectivity index (χ3n) is 8.90. The van der Waals surface area contributed by atoms with Crippen molar-refractivity contribution in [3.8, 4) is 11.5 Å². The Bertz CT molecular complexity index is 1260. The molecular weight excluding hydrogens is 539 g/mol. The first-order chi connectivity index (χ1) is 20.0. The minimum atomic E-state index is -0.922. The Morgan fingerprint density at radius 2 is 1.79 bits per heavy atom. The average molecular weight is 583 g/mol. The maximum Gasteiger partial charge on any atom is 0.404 e. The van der Waals surface area contributed by atoms with Crippen LogP contribution in [0.25, 0.3) is 0 Å². The molecule has 2 N–H and O–H groups in total. The molecule has 0 radical (unpaired) electrons. The third-order valence-corrected chi connectivity index (χ3v) is 8.90. The normalized spacial score (nSPS) is 21.6. The molecule has 2 aliphatic heterocycles. The lowest BCUT2D eigenvalue weighted by molar-refractivity contribution is -0.0257. The lowest BCUT2D eigenvalue weighted by atomic mass is 9.72. The van der Waals surface area contributed by atoms with Crippen LogP contribution in [-0.4, -0.2) is 87.7 Å². The van der Waals surface area contributed by atoms with Gasteiger partial charge in [0.1, 0.15) is 17.9 Å². The highest BCUT2D eigenvalue weighted by Crippen LogP contribution is 2.44. The number of likely N-dealkylation sites (tertiary alicyclic amines) is 1. The Labute approximate surface area is 247 Å². The van der Waals surface area contributed by atoms with Gasteiger partial charge in [-0.25, -0.2) is 19.2 Å². The zero-order valence-corrected chi connectivity index (χ0v) is 25.1. The van der Waals surface area contributed by atoms with E-state index in [4.69, 9.17) is 9.84 Å². The number of halogens is 1. The first-order valence-electron chi connectivity index (χ1n) is 15.1. The van der Waals surface area contributed by atoms with Gasteiger partial charge in [0.25, 0.3) is 5.91 Å². The van der Waals surface area contributed by atoms with Gasteiger partial charge in [-0.2, -0.15) is 0 Å². The van der Waals surface area contributed by atoms with Gasteiger partial charge in [-0.3, -0.25) is 4.79 Å². The molecule has 1 spiro atoms. The summed E-state index contributed by atoms with van der Waals surface area (Å²) in [5, 5.41) is 11.6. The number of aromatic nitrogens is 2. The van der Waals surface area contributed by atoms with Gasteiger partial charge >= 0.3 is 6.09 Å². The number of carbonyl (C=O) groups is 2. The average Bonchev–Trinajstić information content (AvgIpc) is 2.88. The van der Waals surface area contributed by atoms with Crippen molar-refractivity contribution in [2.75, 3.05) is 37.6 Å². The fraction of sp³-hybridized carbons (Fsp3) is 0.613. The summed E-state index contributed by atoms with van der Waals surface area (Å²) in [6.45, 7) is 12.7. The molecule has 2 amide bonds. The Morgan fingerprint density at radius 1 is 1.10 bits per heavy atom. The summed E-state index contributed by atoms with van der Waals surface area (Å²) >= 11 is 0. The molecule has 10 nitrogen and oxygen atoms in total. The van der Waals surface area contributed by atoms with E-state index >= 15 is 0 Å². The number of nitrogens with zero attached hydrogens (tertiary/aromatic N) is 5. The smallest absolute Gasteiger partial charge is 0.404 e. The van der Waals surface area contributed by atoms with Gasteiger partial charge in [-0.05, 0) is 90.5 Å². The highest BCUT2D eigenvalue weighted by molar-refractivity contribution is 5.97. The minimum Gasteiger partial charge on any atom is -0.465 e. The molecular formula is C31H43FN6O4. The number of hydrogen-bond acceptors (Lipinski definition) is 7. The summed E-state index contributed by atoms with van der Waals surface area (Å²) in [7, 11) is 0. The molecule has 42 heavy (non-hydrogen) atoms. The first kappa shape index (κ1) is 30.0. The van der Waals surface area contributed by atoms with Crippen LogP contribution in [0, 0.1) is 17.2 Å². The Kier molecular flexibility index (Phi) is 8.86. The van der Waals surface area contributed by atoms with Crippen molar-refractivity contribution in [1.29, 1.82) is 0 Å². The summed E-state index contributed by atoms with van der Waals surface area (Å²) < 4.78 is 20.5. The van der Waals surface area contributed by atoms with Gasteiger partial charge in [-0.15, -0.1) is 0 Å². The molecule has 3 heterocycles. The second kappa shape index (κ2) is 12.4. The number of nitrogens with one attached hydrogen (secondary N) is 1. The van der Waals surface area contributed by atoms with E-state index in [1.54, 1.807) is 11.1 Å². The lowest BCUT2D eigenvalue weighted by Crippen LogP contribution is -2.72. The van der Waals surface area contributed by atoms with Crippen molar-refractivity contribution in [3.63, 3.8) is 0 Å². The largest absolute Gasteiger partial charge is 0.465 e. The molecule has 1 aliphatic carbocycles. The van der Waals surface area contributed by atoms with Crippen LogP contribution in [-0.2, 0) is 0 Å². The van der Waals surface area contributed by atoms with E-state index < -0.39 is 11.9 Å². The standard InChI is InChI=1S/C31H43FN6O4/c1-20(2)38(21(3)4)29(39)25-13-23(32)7-10-26(25)42-27-14-33-19-34-28(27)37-17-31(18-37)15-36(16-31)12-11-22-5-8-24(9-6-22)35-30(40)41/h7,10,13-14,19-22,24,35H,5-6,8-9,11-12,15-18H2,1-4H3,(H,40,41). The monoisotopic (exact) mass is 582 g/mol. The summed E-state index contributed by atoms with van der Waals surface area (Å²) in [4.78, 5) is 39.4. The number of carboxylic acid groups (broad SMARTS) is 1. The fourth-order valence-corrected chi connectivity index (χ4v) is 7.01. The summed E-state index contributed by atoms with van der Waals surface area (Å²) in [5.41, 5.74) is 0.422. The molecule has 3 aliphatic rings. The van der Waals surface area contributed by atoms with E-state index in [0.717, 1.165) is 64.8 Å². The first-order valence-corrected chi connectivity index (χ1v) is 15.1. The Hall–Kier alpha value is -3.47. The van der Waals surface area contributed by atoms with Gasteiger partial charge in [0.15, 0.2) is 11.6 Å². The quantitative estimate of drug-likeness (QED) is 0.403. The molecule has 228 valence electrons. The molecule has 1 aromatic carbocycles. The molecule has 2 aromatic rings. The number of anilines is 1. The lowest BCUT2D eigenvalue weighted by Gasteiger charge is -2.61. The molecule has 0 atom stereocenters. The van der Waals surface area contributed by atoms with E-state index in [1.807, 2.05) is 27.7 Å². The predicted molar refractivity (Wildman–Crippen MR) is 158 cm³/mol. The van der Waals surface area contributed by atoms with Crippen LogP contribution in [0.15, 0.2) is 30.7 Å². The minimum absolute atomic E-state index is 0.0558. The molecule has 0 unspecified atom stereocenters. The molecule has 2 saturated heterocycles. The number of hydrogen-bond donors (Lipinski definition) is 2. The van der Waals surface area contributed by atoms with Crippen LogP contribution in [0.5, 0.6) is 11.5 Å². The van der Waals surface area contributed by atoms with Crippen LogP contribution < -0.4 is 15.0 Å². The van der Waals surface area contributed by atoms with Crippen LogP contribution >= 0.6 is 0 Å². The van der Waals surface area contributed by atoms with Crippen molar-refractivity contribution in [2.45, 2.75) is 77.9 Å². The number of amides is 2. The number of rotatable bonds is 10. The van der Waals surface area contributed by atoms with Crippen molar-refractivity contribution in [2.24, 2.45) is 11.3 Å². The van der Waals surface area contributed by atoms with Gasteiger partial charge in [0.2, 0.25) is 0 Å². The third kappa shape index (κ3) is 6.61. The van der Waals surface area contributed by atoms with E-state index in [9.17, 15) is 14.0 Å². The highest BCUT2D eigenvalue weighted by Gasteiger charge is 2.52. The van der Waals surface area contributed by atoms with Gasteiger partial charge < -0.3 is 29.9 Å². The van der Waals surface area contributed by atoms with E-state index in [1.165, 1.54) is 24.5 Å². The zero-order valence-electron chi connectivity index (χ0n) is 25.1. The molecule has 11 heteroatoms. The van der Waals surface area contributed by atoms with E-state index in [2.05, 4.69) is 25.1 Å².